The molecular formula is C15H17NO4S. The van der Waals surface area contributed by atoms with Crippen LogP contribution in [0.3, 0.4) is 0 Å². The van der Waals surface area contributed by atoms with Crippen LogP contribution in [0.1, 0.15) is 21.5 Å². The summed E-state index contributed by atoms with van der Waals surface area (Å²) in [5.41, 5.74) is 2.06. The lowest BCUT2D eigenvalue weighted by atomic mass is 10.1. The average Bonchev–Trinajstić information content (AvgIpc) is 2.44. The van der Waals surface area contributed by atoms with Crippen LogP contribution in [0, 0.1) is 18.8 Å². The number of amides is 1. The van der Waals surface area contributed by atoms with Gasteiger partial charge in [-0.05, 0) is 30.7 Å². The molecular weight excluding hydrogens is 290 g/mol. The summed E-state index contributed by atoms with van der Waals surface area (Å²) in [4.78, 5) is 14.0. The number of sulfone groups is 1. The first-order valence-electron chi connectivity index (χ1n) is 6.62. The number of hydrogen-bond acceptors (Lipinski definition) is 4. The van der Waals surface area contributed by atoms with Gasteiger partial charge >= 0.3 is 0 Å². The van der Waals surface area contributed by atoms with Crippen LogP contribution in [0.5, 0.6) is 0 Å². The van der Waals surface area contributed by atoms with Gasteiger partial charge in [0.1, 0.15) is 6.61 Å². The second-order valence-corrected chi connectivity index (χ2v) is 7.30. The van der Waals surface area contributed by atoms with Gasteiger partial charge in [0.25, 0.3) is 5.91 Å². The van der Waals surface area contributed by atoms with Gasteiger partial charge in [-0.2, -0.15) is 0 Å². The van der Waals surface area contributed by atoms with Crippen LogP contribution in [-0.4, -0.2) is 55.5 Å². The first-order chi connectivity index (χ1) is 9.91. The number of aryl methyl sites for hydroxylation is 1. The van der Waals surface area contributed by atoms with Crippen molar-refractivity contribution in [2.24, 2.45) is 0 Å². The highest BCUT2D eigenvalue weighted by atomic mass is 32.2. The van der Waals surface area contributed by atoms with Crippen molar-refractivity contribution in [2.45, 2.75) is 6.92 Å². The van der Waals surface area contributed by atoms with Crippen molar-refractivity contribution in [3.63, 3.8) is 0 Å². The van der Waals surface area contributed by atoms with Gasteiger partial charge < -0.3 is 10.0 Å². The molecule has 0 atom stereocenters. The Morgan fingerprint density at radius 2 is 1.95 bits per heavy atom. The molecule has 0 radical (unpaired) electrons. The molecule has 1 N–H and O–H groups in total. The second kappa shape index (κ2) is 6.29. The van der Waals surface area contributed by atoms with Crippen molar-refractivity contribution in [3.05, 3.63) is 34.9 Å². The van der Waals surface area contributed by atoms with E-state index >= 15 is 0 Å². The van der Waals surface area contributed by atoms with E-state index in [1.54, 1.807) is 17.0 Å². The lowest BCUT2D eigenvalue weighted by Gasteiger charge is -2.27. The van der Waals surface area contributed by atoms with Crippen molar-refractivity contribution in [2.75, 3.05) is 31.2 Å². The van der Waals surface area contributed by atoms with Crippen molar-refractivity contribution in [1.82, 2.24) is 4.90 Å². The van der Waals surface area contributed by atoms with Gasteiger partial charge in [-0.25, -0.2) is 8.42 Å². The highest BCUT2D eigenvalue weighted by Crippen LogP contribution is 2.14. The number of carbonyl (C=O) groups is 1. The zero-order valence-electron chi connectivity index (χ0n) is 11.8. The molecule has 1 aliphatic heterocycles. The summed E-state index contributed by atoms with van der Waals surface area (Å²) < 4.78 is 22.8. The molecule has 5 nitrogen and oxygen atoms in total. The molecule has 1 fully saturated rings. The minimum absolute atomic E-state index is 0.0156. The maximum atomic E-state index is 12.4. The molecule has 0 spiro atoms. The molecule has 112 valence electrons. The Morgan fingerprint density at radius 1 is 1.29 bits per heavy atom. The normalized spacial score (nSPS) is 17.0. The number of hydrogen-bond donors (Lipinski definition) is 1. The third-order valence-electron chi connectivity index (χ3n) is 3.27. The summed E-state index contributed by atoms with van der Waals surface area (Å²) in [5, 5.41) is 8.72. The van der Waals surface area contributed by atoms with E-state index in [0.717, 1.165) is 5.56 Å². The average molecular weight is 307 g/mol. The monoisotopic (exact) mass is 307 g/mol. The van der Waals surface area contributed by atoms with Crippen molar-refractivity contribution < 1.29 is 18.3 Å². The molecule has 1 heterocycles. The Kier molecular flexibility index (Phi) is 4.66. The van der Waals surface area contributed by atoms with E-state index in [0.29, 0.717) is 11.1 Å². The summed E-state index contributed by atoms with van der Waals surface area (Å²) in [6, 6.07) is 5.26. The summed E-state index contributed by atoms with van der Waals surface area (Å²) in [6.45, 7) is 2.09. The predicted molar refractivity (Wildman–Crippen MR) is 79.7 cm³/mol. The fourth-order valence-electron chi connectivity index (χ4n) is 2.22. The Balaban J connectivity index is 2.21. The van der Waals surface area contributed by atoms with E-state index in [2.05, 4.69) is 11.8 Å². The van der Waals surface area contributed by atoms with Gasteiger partial charge in [-0.1, -0.05) is 11.8 Å². The van der Waals surface area contributed by atoms with Gasteiger partial charge in [0, 0.05) is 24.2 Å². The minimum Gasteiger partial charge on any atom is -0.384 e. The quantitative estimate of drug-likeness (QED) is 0.753. The minimum atomic E-state index is -3.00. The molecule has 0 unspecified atom stereocenters. The van der Waals surface area contributed by atoms with Crippen molar-refractivity contribution in [1.29, 1.82) is 0 Å². The lowest BCUT2D eigenvalue weighted by molar-refractivity contribution is 0.0770. The molecule has 6 heteroatoms. The molecule has 1 aromatic rings. The van der Waals surface area contributed by atoms with Gasteiger partial charge in [0.05, 0.1) is 11.5 Å². The summed E-state index contributed by atoms with van der Waals surface area (Å²) >= 11 is 0. The van der Waals surface area contributed by atoms with E-state index in [9.17, 15) is 13.2 Å². The summed E-state index contributed by atoms with van der Waals surface area (Å²) in [5.74, 6) is 5.18. The van der Waals surface area contributed by atoms with Crippen LogP contribution in [0.25, 0.3) is 0 Å². The van der Waals surface area contributed by atoms with Crippen LogP contribution in [0.2, 0.25) is 0 Å². The van der Waals surface area contributed by atoms with Crippen molar-refractivity contribution >= 4 is 15.7 Å². The van der Waals surface area contributed by atoms with E-state index in [1.807, 2.05) is 13.0 Å². The topological polar surface area (TPSA) is 74.7 Å². The molecule has 0 saturated carbocycles. The van der Waals surface area contributed by atoms with E-state index in [1.165, 1.54) is 0 Å². The predicted octanol–water partition coefficient (Wildman–Crippen LogP) is 0.209. The molecule has 0 bridgehead atoms. The third kappa shape index (κ3) is 4.06. The first kappa shape index (κ1) is 15.5. The molecule has 1 saturated heterocycles. The number of nitrogens with zero attached hydrogens (tertiary/aromatic N) is 1. The maximum Gasteiger partial charge on any atom is 0.253 e. The van der Waals surface area contributed by atoms with Gasteiger partial charge in [0.2, 0.25) is 0 Å². The third-order valence-corrected chi connectivity index (χ3v) is 4.88. The van der Waals surface area contributed by atoms with E-state index < -0.39 is 9.84 Å². The fraction of sp³-hybridized carbons (Fsp3) is 0.400. The lowest BCUT2D eigenvalue weighted by Crippen LogP contribution is -2.43. The standard InChI is InChI=1S/C15H17NO4S/c1-12-9-13(3-2-6-17)11-14(10-12)15(18)16-4-7-21(19,20)8-5-16/h9-11,17H,4-8H2,1H3. The second-order valence-electron chi connectivity index (χ2n) is 4.99. The van der Waals surface area contributed by atoms with Crippen LogP contribution in [0.4, 0.5) is 0 Å². The number of benzene rings is 1. The highest BCUT2D eigenvalue weighted by Gasteiger charge is 2.25. The van der Waals surface area contributed by atoms with Gasteiger partial charge in [-0.3, -0.25) is 4.79 Å². The summed E-state index contributed by atoms with van der Waals surface area (Å²) in [6.07, 6.45) is 0. The Labute approximate surface area is 124 Å². The Morgan fingerprint density at radius 3 is 2.57 bits per heavy atom. The molecule has 0 aliphatic carbocycles. The zero-order valence-corrected chi connectivity index (χ0v) is 12.6. The molecule has 21 heavy (non-hydrogen) atoms. The van der Waals surface area contributed by atoms with Gasteiger partial charge in [0.15, 0.2) is 9.84 Å². The Hall–Kier alpha value is -1.84. The summed E-state index contributed by atoms with van der Waals surface area (Å²) in [7, 11) is -3.00. The molecule has 1 amide bonds. The Bertz CT molecular complexity index is 699. The number of rotatable bonds is 1. The van der Waals surface area contributed by atoms with Crippen LogP contribution < -0.4 is 0 Å². The number of aliphatic hydroxyl groups is 1. The van der Waals surface area contributed by atoms with E-state index in [-0.39, 0.29) is 37.1 Å². The maximum absolute atomic E-state index is 12.4. The van der Waals surface area contributed by atoms with Gasteiger partial charge in [-0.15, -0.1) is 0 Å². The first-order valence-corrected chi connectivity index (χ1v) is 8.44. The SMILES string of the molecule is Cc1cc(C#CCO)cc(C(=O)N2CCS(=O)(=O)CC2)c1. The number of aliphatic hydroxyl groups excluding tert-OH is 1. The largest absolute Gasteiger partial charge is 0.384 e. The number of carbonyl (C=O) groups excluding carboxylic acids is 1. The highest BCUT2D eigenvalue weighted by molar-refractivity contribution is 7.91. The van der Waals surface area contributed by atoms with Crippen LogP contribution in [-0.2, 0) is 9.84 Å². The molecule has 1 aromatic carbocycles. The smallest absolute Gasteiger partial charge is 0.253 e. The molecule has 2 rings (SSSR count). The molecule has 1 aliphatic rings. The van der Waals surface area contributed by atoms with E-state index in [4.69, 9.17) is 5.11 Å². The zero-order chi connectivity index (χ0) is 15.5. The van der Waals surface area contributed by atoms with Crippen molar-refractivity contribution in [3.8, 4) is 11.8 Å². The van der Waals surface area contributed by atoms with Crippen LogP contribution in [0.15, 0.2) is 18.2 Å². The fourth-order valence-corrected chi connectivity index (χ4v) is 3.42. The molecule has 0 aromatic heterocycles. The van der Waals surface area contributed by atoms with Crippen LogP contribution >= 0.6 is 0 Å².